The standard InChI is InChI=1S/C30H35N5O2/c1-6-37-21(4)25-14-27-26(15-28(25)35-12-10-30(11-13-35)17-36-18-30)29(34-22(5)33-27)32-20(3)24-9-7-8-23(16-31)19(24)2/h7-9,14-15,20H,4,6,10-13,17-18H2,1-3,5H3,(H,32,33,34)/t20-/m1/s1. The molecular formula is C30H35N5O2. The molecule has 2 aliphatic rings. The summed E-state index contributed by atoms with van der Waals surface area (Å²) in [7, 11) is 0. The van der Waals surface area contributed by atoms with Gasteiger partial charge in [0.1, 0.15) is 17.4 Å². The van der Waals surface area contributed by atoms with Gasteiger partial charge in [0.2, 0.25) is 0 Å². The lowest BCUT2D eigenvalue weighted by molar-refractivity contribution is -0.124. The van der Waals surface area contributed by atoms with Crippen molar-refractivity contribution in [3.63, 3.8) is 0 Å². The third-order valence-electron chi connectivity index (χ3n) is 7.84. The maximum Gasteiger partial charge on any atom is 0.138 e. The largest absolute Gasteiger partial charge is 0.494 e. The fourth-order valence-electron chi connectivity index (χ4n) is 5.56. The molecule has 1 spiro atoms. The molecule has 7 heteroatoms. The van der Waals surface area contributed by atoms with Crippen molar-refractivity contribution in [1.29, 1.82) is 5.26 Å². The van der Waals surface area contributed by atoms with E-state index in [1.807, 2.05) is 32.9 Å². The molecule has 1 aromatic heterocycles. The van der Waals surface area contributed by atoms with Crippen LogP contribution in [0.15, 0.2) is 36.9 Å². The molecule has 0 radical (unpaired) electrons. The fraction of sp³-hybridized carbons (Fsp3) is 0.433. The van der Waals surface area contributed by atoms with Crippen LogP contribution in [0.25, 0.3) is 16.7 Å². The number of nitriles is 1. The van der Waals surface area contributed by atoms with Gasteiger partial charge >= 0.3 is 0 Å². The molecule has 1 N–H and O–H groups in total. The Morgan fingerprint density at radius 1 is 1.24 bits per heavy atom. The molecule has 0 saturated carbocycles. The average molecular weight is 498 g/mol. The molecule has 0 aliphatic carbocycles. The van der Waals surface area contributed by atoms with E-state index >= 15 is 0 Å². The number of hydrogen-bond donors (Lipinski definition) is 1. The van der Waals surface area contributed by atoms with Gasteiger partial charge in [-0.25, -0.2) is 9.97 Å². The first-order valence-electron chi connectivity index (χ1n) is 13.1. The minimum absolute atomic E-state index is 0.0409. The molecular weight excluding hydrogens is 462 g/mol. The van der Waals surface area contributed by atoms with Crippen molar-refractivity contribution in [3.05, 3.63) is 65.0 Å². The summed E-state index contributed by atoms with van der Waals surface area (Å²) < 4.78 is 11.4. The van der Waals surface area contributed by atoms with Gasteiger partial charge in [-0.1, -0.05) is 18.7 Å². The summed E-state index contributed by atoms with van der Waals surface area (Å²) >= 11 is 0. The van der Waals surface area contributed by atoms with Crippen molar-refractivity contribution >= 4 is 28.2 Å². The Balaban J connectivity index is 1.55. The number of nitrogens with one attached hydrogen (secondary N) is 1. The van der Waals surface area contributed by atoms with Crippen LogP contribution < -0.4 is 10.2 Å². The molecule has 2 saturated heterocycles. The normalized spacial score (nSPS) is 17.2. The molecule has 1 atom stereocenters. The zero-order valence-corrected chi connectivity index (χ0v) is 22.2. The summed E-state index contributed by atoms with van der Waals surface area (Å²) in [5, 5.41) is 14.1. The van der Waals surface area contributed by atoms with Crippen LogP contribution in [-0.4, -0.2) is 42.9 Å². The highest BCUT2D eigenvalue weighted by Gasteiger charge is 2.41. The number of ether oxygens (including phenoxy) is 2. The summed E-state index contributed by atoms with van der Waals surface area (Å²) in [6.45, 7) is 16.5. The summed E-state index contributed by atoms with van der Waals surface area (Å²) in [4.78, 5) is 12.0. The molecule has 37 heavy (non-hydrogen) atoms. The fourth-order valence-corrected chi connectivity index (χ4v) is 5.56. The SMILES string of the molecule is C=C(OCC)c1cc2nc(C)nc(N[C@H](C)c3cccc(C#N)c3C)c2cc1N1CCC2(CC1)COC2. The maximum absolute atomic E-state index is 9.49. The van der Waals surface area contributed by atoms with Gasteiger partial charge in [-0.2, -0.15) is 5.26 Å². The summed E-state index contributed by atoms with van der Waals surface area (Å²) in [6.07, 6.45) is 2.24. The second kappa shape index (κ2) is 10.0. The summed E-state index contributed by atoms with van der Waals surface area (Å²) in [5.74, 6) is 2.14. The van der Waals surface area contributed by atoms with Gasteiger partial charge in [0.25, 0.3) is 0 Å². The molecule has 2 fully saturated rings. The van der Waals surface area contributed by atoms with E-state index in [9.17, 15) is 5.26 Å². The van der Waals surface area contributed by atoms with Crippen LogP contribution in [-0.2, 0) is 9.47 Å². The molecule has 192 valence electrons. The predicted octanol–water partition coefficient (Wildman–Crippen LogP) is 5.92. The van der Waals surface area contributed by atoms with Gasteiger partial charge in [-0.15, -0.1) is 0 Å². The molecule has 5 rings (SSSR count). The highest BCUT2D eigenvalue weighted by atomic mass is 16.5. The van der Waals surface area contributed by atoms with E-state index < -0.39 is 0 Å². The third kappa shape index (κ3) is 4.74. The van der Waals surface area contributed by atoms with Crippen LogP contribution in [0.3, 0.4) is 0 Å². The molecule has 0 unspecified atom stereocenters. The number of aryl methyl sites for hydroxylation is 1. The Kier molecular flexibility index (Phi) is 6.78. The Morgan fingerprint density at radius 3 is 2.65 bits per heavy atom. The van der Waals surface area contributed by atoms with E-state index in [1.165, 1.54) is 0 Å². The Morgan fingerprint density at radius 2 is 2.00 bits per heavy atom. The number of rotatable bonds is 7. The third-order valence-corrected chi connectivity index (χ3v) is 7.84. The van der Waals surface area contributed by atoms with Crippen LogP contribution >= 0.6 is 0 Å². The van der Waals surface area contributed by atoms with Crippen molar-refractivity contribution < 1.29 is 9.47 Å². The maximum atomic E-state index is 9.49. The highest BCUT2D eigenvalue weighted by Crippen LogP contribution is 2.42. The topological polar surface area (TPSA) is 83.3 Å². The molecule has 7 nitrogen and oxygen atoms in total. The summed E-state index contributed by atoms with van der Waals surface area (Å²) in [6, 6.07) is 12.4. The number of aromatic nitrogens is 2. The molecule has 0 bridgehead atoms. The van der Waals surface area contributed by atoms with Crippen molar-refractivity contribution in [2.24, 2.45) is 5.41 Å². The lowest BCUT2D eigenvalue weighted by Crippen LogP contribution is -2.51. The second-order valence-corrected chi connectivity index (χ2v) is 10.3. The van der Waals surface area contributed by atoms with E-state index in [-0.39, 0.29) is 6.04 Å². The van der Waals surface area contributed by atoms with Crippen LogP contribution in [0.1, 0.15) is 60.8 Å². The molecule has 0 amide bonds. The summed E-state index contributed by atoms with van der Waals surface area (Å²) in [5.41, 5.74) is 6.04. The molecule has 3 aromatic rings. The first-order valence-corrected chi connectivity index (χ1v) is 13.1. The Bertz CT molecular complexity index is 1380. The number of benzene rings is 2. The lowest BCUT2D eigenvalue weighted by Gasteiger charge is -2.48. The van der Waals surface area contributed by atoms with Crippen molar-refractivity contribution in [2.45, 2.75) is 46.6 Å². The quantitative estimate of drug-likeness (QED) is 0.406. The van der Waals surface area contributed by atoms with Crippen LogP contribution in [0.4, 0.5) is 11.5 Å². The highest BCUT2D eigenvalue weighted by molar-refractivity contribution is 5.95. The zero-order valence-electron chi connectivity index (χ0n) is 22.2. The van der Waals surface area contributed by atoms with Crippen LogP contribution in [0.2, 0.25) is 0 Å². The van der Waals surface area contributed by atoms with Crippen molar-refractivity contribution in [3.8, 4) is 6.07 Å². The molecule has 2 aliphatic heterocycles. The van der Waals surface area contributed by atoms with Gasteiger partial charge in [0, 0.05) is 35.1 Å². The number of fused-ring (bicyclic) bond motifs is 1. The van der Waals surface area contributed by atoms with Gasteiger partial charge in [-0.3, -0.25) is 0 Å². The molecule has 3 heterocycles. The second-order valence-electron chi connectivity index (χ2n) is 10.3. The van der Waals surface area contributed by atoms with Crippen LogP contribution in [0, 0.1) is 30.6 Å². The number of piperidine rings is 1. The van der Waals surface area contributed by atoms with Crippen LogP contribution in [0.5, 0.6) is 0 Å². The van der Waals surface area contributed by atoms with E-state index in [2.05, 4.69) is 48.0 Å². The van der Waals surface area contributed by atoms with Crippen molar-refractivity contribution in [1.82, 2.24) is 9.97 Å². The number of anilines is 2. The van der Waals surface area contributed by atoms with Gasteiger partial charge in [0.05, 0.1) is 43.0 Å². The van der Waals surface area contributed by atoms with Gasteiger partial charge in [-0.05, 0) is 69.9 Å². The van der Waals surface area contributed by atoms with E-state index in [1.54, 1.807) is 0 Å². The number of nitrogens with zero attached hydrogens (tertiary/aromatic N) is 4. The average Bonchev–Trinajstić information content (AvgIpc) is 2.87. The Labute approximate surface area is 219 Å². The van der Waals surface area contributed by atoms with Gasteiger partial charge < -0.3 is 19.7 Å². The first-order chi connectivity index (χ1) is 17.8. The van der Waals surface area contributed by atoms with E-state index in [0.29, 0.717) is 29.2 Å². The number of hydrogen-bond acceptors (Lipinski definition) is 7. The van der Waals surface area contributed by atoms with E-state index in [4.69, 9.17) is 19.4 Å². The van der Waals surface area contributed by atoms with Crippen molar-refractivity contribution in [2.75, 3.05) is 43.1 Å². The zero-order chi connectivity index (χ0) is 26.2. The van der Waals surface area contributed by atoms with Gasteiger partial charge in [0.15, 0.2) is 0 Å². The first kappa shape index (κ1) is 25.0. The monoisotopic (exact) mass is 497 g/mol. The lowest BCUT2D eigenvalue weighted by atomic mass is 9.76. The smallest absolute Gasteiger partial charge is 0.138 e. The van der Waals surface area contributed by atoms with E-state index in [0.717, 1.165) is 78.2 Å². The minimum atomic E-state index is -0.0409. The molecule has 2 aromatic carbocycles. The Hall–Kier alpha value is -3.63. The predicted molar refractivity (Wildman–Crippen MR) is 148 cm³/mol. The minimum Gasteiger partial charge on any atom is -0.494 e.